The van der Waals surface area contributed by atoms with Crippen LogP contribution in [0.15, 0.2) is 30.3 Å². The number of unbranched alkanes of at least 4 members (excludes halogenated alkanes) is 1. The molecular weight excluding hydrogens is 225 g/mol. The molecule has 0 unspecified atom stereocenters. The van der Waals surface area contributed by atoms with E-state index in [1.165, 1.54) is 12.8 Å². The van der Waals surface area contributed by atoms with Gasteiger partial charge in [-0.05, 0) is 0 Å². The van der Waals surface area contributed by atoms with E-state index in [1.807, 2.05) is 30.3 Å². The molecule has 0 spiro atoms. The molecule has 1 nitrogen and oxygen atoms in total. The second kappa shape index (κ2) is 9.91. The predicted octanol–water partition coefficient (Wildman–Crippen LogP) is 4.18. The minimum atomic E-state index is 0.959. The Morgan fingerprint density at radius 2 is 1.85 bits per heavy atom. The van der Waals surface area contributed by atoms with Gasteiger partial charge in [-0.3, -0.25) is 0 Å². The second-order valence-corrected chi connectivity index (χ2v) is 2.57. The fourth-order valence-corrected chi connectivity index (χ4v) is 0.900. The van der Waals surface area contributed by atoms with Gasteiger partial charge in [-0.15, -0.1) is 12.2 Å². The molecule has 0 aromatic heterocycles. The summed E-state index contributed by atoms with van der Waals surface area (Å²) in [5.74, 6) is 0. The van der Waals surface area contributed by atoms with E-state index in [4.69, 9.17) is 0 Å². The molecule has 0 radical (unpaired) electrons. The Morgan fingerprint density at radius 1 is 1.23 bits per heavy atom. The van der Waals surface area contributed by atoms with Gasteiger partial charge in [-0.2, -0.15) is 0 Å². The van der Waals surface area contributed by atoms with Crippen LogP contribution < -0.4 is 0 Å². The van der Waals surface area contributed by atoms with Gasteiger partial charge in [0.1, 0.15) is 0 Å². The molecule has 3 heteroatoms. The third kappa shape index (κ3) is 6.94. The molecule has 1 rings (SSSR count). The zero-order chi connectivity index (χ0) is 9.94. The summed E-state index contributed by atoms with van der Waals surface area (Å²) in [4.78, 5) is 0. The maximum atomic E-state index is 4.45. The van der Waals surface area contributed by atoms with Gasteiger partial charge in [-0.25, -0.2) is 0 Å². The van der Waals surface area contributed by atoms with Crippen LogP contribution in [0.3, 0.4) is 0 Å². The average Bonchev–Trinajstić information content (AvgIpc) is 2.23. The van der Waals surface area contributed by atoms with Gasteiger partial charge in [-0.1, -0.05) is 50.1 Å². The van der Waals surface area contributed by atoms with Crippen LogP contribution in [0.2, 0.25) is 0 Å². The van der Waals surface area contributed by atoms with E-state index >= 15 is 0 Å². The fraction of sp³-hybridized carbons (Fsp3) is 0.400. The molecule has 73 valence electrons. The van der Waals surface area contributed by atoms with Crippen LogP contribution in [-0.4, -0.2) is 6.54 Å². The van der Waals surface area contributed by atoms with Crippen molar-refractivity contribution in [2.75, 3.05) is 6.54 Å². The Morgan fingerprint density at radius 3 is 2.38 bits per heavy atom. The van der Waals surface area contributed by atoms with Crippen LogP contribution in [0, 0.1) is 0 Å². The monoisotopic (exact) mass is 238 g/mol. The summed E-state index contributed by atoms with van der Waals surface area (Å²) in [5.41, 5.74) is 1.10. The van der Waals surface area contributed by atoms with E-state index in [1.54, 1.807) is 0 Å². The Bertz CT molecular complexity index is 191. The predicted molar refractivity (Wildman–Crippen MR) is 55.1 cm³/mol. The van der Waals surface area contributed by atoms with Crippen molar-refractivity contribution in [3.63, 3.8) is 0 Å². The maximum absolute atomic E-state index is 4.45. The summed E-state index contributed by atoms with van der Waals surface area (Å²) in [6.07, 6.45) is 2.41. The first-order valence-corrected chi connectivity index (χ1v) is 5.92. The van der Waals surface area contributed by atoms with Crippen molar-refractivity contribution in [3.05, 3.63) is 35.6 Å². The van der Waals surface area contributed by atoms with Gasteiger partial charge < -0.3 is 5.32 Å². The first-order chi connectivity index (χ1) is 6.43. The Labute approximate surface area is 92.9 Å². The summed E-state index contributed by atoms with van der Waals surface area (Å²) in [6, 6.07) is 10.1. The number of benzene rings is 1. The van der Waals surface area contributed by atoms with Crippen molar-refractivity contribution in [2.45, 2.75) is 19.8 Å². The Balaban J connectivity index is 0.000000671. The molecule has 0 bridgehead atoms. The summed E-state index contributed by atoms with van der Waals surface area (Å²) < 4.78 is 0. The van der Waals surface area contributed by atoms with Crippen LogP contribution in [0.25, 0.3) is 5.32 Å². The number of hydrogen-bond donors (Lipinski definition) is 0. The number of halogens is 1. The third-order valence-corrected chi connectivity index (χ3v) is 1.56. The molecule has 0 saturated carbocycles. The van der Waals surface area contributed by atoms with Crippen LogP contribution in [-0.2, 0) is 15.1 Å². The zero-order valence-corrected chi connectivity index (χ0v) is 9.65. The van der Waals surface area contributed by atoms with Crippen LogP contribution in [0.1, 0.15) is 19.8 Å². The van der Waals surface area contributed by atoms with E-state index in [-0.39, 0.29) is 0 Å². The van der Waals surface area contributed by atoms with Crippen molar-refractivity contribution in [3.8, 4) is 0 Å². The van der Waals surface area contributed by atoms with Gasteiger partial charge in [0.2, 0.25) is 0 Å². The minimum absolute atomic E-state index is 0.959. The summed E-state index contributed by atoms with van der Waals surface area (Å²) in [6.45, 7) is 3.14. The van der Waals surface area contributed by atoms with Gasteiger partial charge in [0, 0.05) is 0 Å². The molecule has 0 aliphatic rings. The van der Waals surface area contributed by atoms with E-state index in [9.17, 15) is 0 Å². The molecule has 0 atom stereocenters. The Hall–Kier alpha value is -0.171. The molecule has 0 amide bonds. The summed E-state index contributed by atoms with van der Waals surface area (Å²) in [7, 11) is 4.45. The zero-order valence-electron chi connectivity index (χ0n) is 7.71. The first kappa shape index (κ1) is 12.8. The molecule has 0 N–H and O–H groups in total. The van der Waals surface area contributed by atoms with E-state index in [0.717, 1.165) is 12.2 Å². The van der Waals surface area contributed by atoms with E-state index in [0.29, 0.717) is 0 Å². The van der Waals surface area contributed by atoms with Gasteiger partial charge >= 0.3 is 25.2 Å². The average molecular weight is 239 g/mol. The van der Waals surface area contributed by atoms with Crippen LogP contribution in [0.4, 0.5) is 5.69 Å². The number of hydrogen-bond acceptors (Lipinski definition) is 0. The molecule has 13 heavy (non-hydrogen) atoms. The molecule has 0 aliphatic carbocycles. The standard InChI is InChI=1S/C10H14N.ClH.Mn/c1-2-3-9-11-10-7-5-4-6-8-10;;/h4-8H,2-3,9H2,1H3;1H;/q-1;;+2/p-1. The number of rotatable bonds is 4. The van der Waals surface area contributed by atoms with E-state index in [2.05, 4.69) is 37.4 Å². The quantitative estimate of drug-likeness (QED) is 0.552. The van der Waals surface area contributed by atoms with Crippen molar-refractivity contribution in [1.82, 2.24) is 0 Å². The molecule has 0 aliphatic heterocycles. The van der Waals surface area contributed by atoms with Crippen molar-refractivity contribution < 1.29 is 15.1 Å². The molecule has 0 fully saturated rings. The van der Waals surface area contributed by atoms with Crippen LogP contribution in [0.5, 0.6) is 0 Å². The summed E-state index contributed by atoms with van der Waals surface area (Å²) in [5, 5.41) is 4.40. The molecule has 1 aromatic rings. The molecular formula is C10H14ClMnN. The van der Waals surface area contributed by atoms with Crippen LogP contribution >= 0.6 is 10.1 Å². The normalized spacial score (nSPS) is 8.46. The van der Waals surface area contributed by atoms with Crippen molar-refractivity contribution in [2.24, 2.45) is 0 Å². The molecule has 0 saturated heterocycles. The third-order valence-electron chi connectivity index (χ3n) is 1.56. The number of nitrogens with zero attached hydrogens (tertiary/aromatic N) is 1. The van der Waals surface area contributed by atoms with Gasteiger partial charge in [0.05, 0.1) is 0 Å². The number of para-hydroxylation sites is 1. The van der Waals surface area contributed by atoms with E-state index < -0.39 is 0 Å². The fourth-order valence-electron chi connectivity index (χ4n) is 0.900. The topological polar surface area (TPSA) is 14.1 Å². The molecule has 0 heterocycles. The van der Waals surface area contributed by atoms with Crippen molar-refractivity contribution in [1.29, 1.82) is 0 Å². The van der Waals surface area contributed by atoms with Crippen molar-refractivity contribution >= 4 is 15.8 Å². The molecule has 1 aromatic carbocycles. The van der Waals surface area contributed by atoms with Gasteiger partial charge in [0.25, 0.3) is 0 Å². The Kier molecular flexibility index (Phi) is 9.78. The summed E-state index contributed by atoms with van der Waals surface area (Å²) >= 11 is 2.41. The van der Waals surface area contributed by atoms with Gasteiger partial charge in [0.15, 0.2) is 0 Å². The second-order valence-electron chi connectivity index (χ2n) is 2.57. The first-order valence-electron chi connectivity index (χ1n) is 4.30. The SMILES string of the molecule is CCCC[N-]c1ccccc1.[Cl][Mn+].